The van der Waals surface area contributed by atoms with E-state index in [1.54, 1.807) is 0 Å². The number of hydrogen-bond donors (Lipinski definition) is 0. The zero-order chi connectivity index (χ0) is 9.68. The van der Waals surface area contributed by atoms with Crippen LogP contribution in [0.15, 0.2) is 0 Å². The van der Waals surface area contributed by atoms with Gasteiger partial charge in [-0.3, -0.25) is 0 Å². The molecule has 0 amide bonds. The van der Waals surface area contributed by atoms with Crippen molar-refractivity contribution in [3.8, 4) is 6.07 Å². The zero-order valence-corrected chi connectivity index (χ0v) is 8.49. The summed E-state index contributed by atoms with van der Waals surface area (Å²) in [5.74, 6) is 0.809. The molecule has 1 rings (SSSR count). The largest absolute Gasteiger partial charge is 0.381 e. The third kappa shape index (κ3) is 3.75. The molecule has 0 saturated carbocycles. The van der Waals surface area contributed by atoms with Crippen LogP contribution in [0.5, 0.6) is 0 Å². The summed E-state index contributed by atoms with van der Waals surface area (Å²) in [4.78, 5) is 2.23. The lowest BCUT2D eigenvalue weighted by Crippen LogP contribution is -2.29. The van der Waals surface area contributed by atoms with Gasteiger partial charge in [-0.15, -0.1) is 0 Å². The molecule has 1 fully saturated rings. The monoisotopic (exact) mass is 182 g/mol. The minimum Gasteiger partial charge on any atom is -0.381 e. The lowest BCUT2D eigenvalue weighted by Gasteiger charge is -2.20. The number of ether oxygens (including phenoxy) is 1. The van der Waals surface area contributed by atoms with Crippen molar-refractivity contribution in [2.75, 3.05) is 33.4 Å². The van der Waals surface area contributed by atoms with Crippen LogP contribution in [0.1, 0.15) is 13.3 Å². The van der Waals surface area contributed by atoms with Crippen molar-refractivity contribution >= 4 is 0 Å². The van der Waals surface area contributed by atoms with Crippen LogP contribution in [0.4, 0.5) is 0 Å². The lowest BCUT2D eigenvalue weighted by atomic mass is 10.1. The Bertz CT molecular complexity index is 182. The summed E-state index contributed by atoms with van der Waals surface area (Å²) < 4.78 is 5.30. The Hall–Kier alpha value is -0.590. The molecular formula is C10H18N2O. The highest BCUT2D eigenvalue weighted by molar-refractivity contribution is 4.81. The second kappa shape index (κ2) is 5.21. The standard InChI is InChI=1S/C10H18N2O/c1-9(5-11)6-12(2)7-10-3-4-13-8-10/h9-10H,3-4,6-8H2,1-2H3. The fourth-order valence-corrected chi connectivity index (χ4v) is 1.75. The minimum absolute atomic E-state index is 0.132. The summed E-state index contributed by atoms with van der Waals surface area (Å²) in [6.07, 6.45) is 1.17. The van der Waals surface area contributed by atoms with Crippen molar-refractivity contribution < 1.29 is 4.74 Å². The maximum atomic E-state index is 8.64. The second-order valence-electron chi connectivity index (χ2n) is 3.98. The quantitative estimate of drug-likeness (QED) is 0.653. The normalized spacial score (nSPS) is 24.6. The van der Waals surface area contributed by atoms with Crippen molar-refractivity contribution in [1.29, 1.82) is 5.26 Å². The third-order valence-corrected chi connectivity index (χ3v) is 2.40. The van der Waals surface area contributed by atoms with Gasteiger partial charge in [0.2, 0.25) is 0 Å². The van der Waals surface area contributed by atoms with Gasteiger partial charge < -0.3 is 9.64 Å². The number of hydrogen-bond acceptors (Lipinski definition) is 3. The molecule has 0 aromatic heterocycles. The maximum absolute atomic E-state index is 8.64. The van der Waals surface area contributed by atoms with E-state index in [4.69, 9.17) is 10.00 Å². The predicted molar refractivity (Wildman–Crippen MR) is 51.2 cm³/mol. The second-order valence-corrected chi connectivity index (χ2v) is 3.98. The SMILES string of the molecule is CC(C#N)CN(C)CC1CCOC1. The average molecular weight is 182 g/mol. The molecule has 13 heavy (non-hydrogen) atoms. The van der Waals surface area contributed by atoms with Crippen LogP contribution < -0.4 is 0 Å². The molecule has 2 atom stereocenters. The van der Waals surface area contributed by atoms with Crippen LogP contribution in [0.2, 0.25) is 0 Å². The smallest absolute Gasteiger partial charge is 0.0666 e. The van der Waals surface area contributed by atoms with Crippen LogP contribution >= 0.6 is 0 Å². The summed E-state index contributed by atoms with van der Waals surface area (Å²) in [6, 6.07) is 2.25. The van der Waals surface area contributed by atoms with E-state index >= 15 is 0 Å². The molecule has 74 valence electrons. The van der Waals surface area contributed by atoms with Gasteiger partial charge in [-0.25, -0.2) is 0 Å². The molecule has 2 unspecified atom stereocenters. The van der Waals surface area contributed by atoms with E-state index in [0.29, 0.717) is 5.92 Å². The van der Waals surface area contributed by atoms with Gasteiger partial charge in [0.25, 0.3) is 0 Å². The number of nitriles is 1. The van der Waals surface area contributed by atoms with Crippen LogP contribution in [0, 0.1) is 23.2 Å². The predicted octanol–water partition coefficient (Wildman–Crippen LogP) is 1.11. The summed E-state index contributed by atoms with van der Waals surface area (Å²) in [5, 5.41) is 8.64. The molecule has 0 aromatic rings. The van der Waals surface area contributed by atoms with E-state index in [2.05, 4.69) is 18.0 Å². The molecule has 0 aromatic carbocycles. The first-order valence-corrected chi connectivity index (χ1v) is 4.88. The highest BCUT2D eigenvalue weighted by Gasteiger charge is 2.17. The average Bonchev–Trinajstić information content (AvgIpc) is 2.56. The zero-order valence-electron chi connectivity index (χ0n) is 8.49. The van der Waals surface area contributed by atoms with Crippen molar-refractivity contribution in [2.45, 2.75) is 13.3 Å². The molecule has 1 heterocycles. The van der Waals surface area contributed by atoms with Gasteiger partial charge in [0.15, 0.2) is 0 Å². The molecule has 1 saturated heterocycles. The Labute approximate surface area is 80.3 Å². The lowest BCUT2D eigenvalue weighted by molar-refractivity contribution is 0.172. The Morgan fingerprint density at radius 1 is 1.69 bits per heavy atom. The topological polar surface area (TPSA) is 36.3 Å². The summed E-state index contributed by atoms with van der Waals surface area (Å²) in [6.45, 7) is 5.69. The number of nitrogens with zero attached hydrogens (tertiary/aromatic N) is 2. The van der Waals surface area contributed by atoms with Gasteiger partial charge in [0.05, 0.1) is 18.6 Å². The summed E-state index contributed by atoms with van der Waals surface area (Å²) in [7, 11) is 2.08. The Morgan fingerprint density at radius 3 is 3.00 bits per heavy atom. The molecule has 0 N–H and O–H groups in total. The van der Waals surface area contributed by atoms with Crippen LogP contribution in [0.25, 0.3) is 0 Å². The van der Waals surface area contributed by atoms with Crippen molar-refractivity contribution in [1.82, 2.24) is 4.90 Å². The first-order valence-electron chi connectivity index (χ1n) is 4.88. The molecule has 3 nitrogen and oxygen atoms in total. The molecule has 1 aliphatic rings. The first kappa shape index (κ1) is 10.5. The fraction of sp³-hybridized carbons (Fsp3) is 0.900. The van der Waals surface area contributed by atoms with Crippen molar-refractivity contribution in [2.24, 2.45) is 11.8 Å². The molecule has 0 radical (unpaired) electrons. The highest BCUT2D eigenvalue weighted by atomic mass is 16.5. The van der Waals surface area contributed by atoms with Gasteiger partial charge in [-0.1, -0.05) is 0 Å². The Balaban J connectivity index is 2.16. The van der Waals surface area contributed by atoms with E-state index in [1.807, 2.05) is 6.92 Å². The van der Waals surface area contributed by atoms with Crippen molar-refractivity contribution in [3.63, 3.8) is 0 Å². The number of rotatable bonds is 4. The van der Waals surface area contributed by atoms with E-state index in [1.165, 1.54) is 6.42 Å². The fourth-order valence-electron chi connectivity index (χ4n) is 1.75. The highest BCUT2D eigenvalue weighted by Crippen LogP contribution is 2.13. The Kier molecular flexibility index (Phi) is 4.20. The molecule has 0 bridgehead atoms. The maximum Gasteiger partial charge on any atom is 0.0666 e. The summed E-state index contributed by atoms with van der Waals surface area (Å²) in [5.41, 5.74) is 0. The van der Waals surface area contributed by atoms with Gasteiger partial charge in [-0.05, 0) is 26.3 Å². The van der Waals surface area contributed by atoms with Crippen LogP contribution in [0.3, 0.4) is 0 Å². The van der Waals surface area contributed by atoms with Crippen molar-refractivity contribution in [3.05, 3.63) is 0 Å². The van der Waals surface area contributed by atoms with E-state index < -0.39 is 0 Å². The van der Waals surface area contributed by atoms with Gasteiger partial charge >= 0.3 is 0 Å². The van der Waals surface area contributed by atoms with E-state index in [9.17, 15) is 0 Å². The third-order valence-electron chi connectivity index (χ3n) is 2.40. The van der Waals surface area contributed by atoms with Gasteiger partial charge in [0, 0.05) is 19.7 Å². The first-order chi connectivity index (χ1) is 6.22. The van der Waals surface area contributed by atoms with Gasteiger partial charge in [0.1, 0.15) is 0 Å². The van der Waals surface area contributed by atoms with E-state index in [0.717, 1.165) is 26.3 Å². The molecular weight excluding hydrogens is 164 g/mol. The molecule has 1 aliphatic heterocycles. The van der Waals surface area contributed by atoms with E-state index in [-0.39, 0.29) is 5.92 Å². The Morgan fingerprint density at radius 2 is 2.46 bits per heavy atom. The molecule has 0 aliphatic carbocycles. The van der Waals surface area contributed by atoms with Gasteiger partial charge in [-0.2, -0.15) is 5.26 Å². The van der Waals surface area contributed by atoms with Crippen LogP contribution in [-0.4, -0.2) is 38.3 Å². The minimum atomic E-state index is 0.132. The molecule has 0 spiro atoms. The molecule has 3 heteroatoms. The van der Waals surface area contributed by atoms with Crippen LogP contribution in [-0.2, 0) is 4.74 Å². The summed E-state index contributed by atoms with van der Waals surface area (Å²) >= 11 is 0.